The number of hydrogen-bond acceptors (Lipinski definition) is 2. The van der Waals surface area contributed by atoms with E-state index in [1.54, 1.807) is 0 Å². The van der Waals surface area contributed by atoms with E-state index in [1.807, 2.05) is 13.0 Å². The maximum atomic E-state index is 6.34. The molecule has 1 atom stereocenters. The molecule has 0 fully saturated rings. The van der Waals surface area contributed by atoms with E-state index in [-0.39, 0.29) is 6.04 Å². The molecule has 0 bridgehead atoms. The number of nitrogens with zero attached hydrogens (tertiary/aromatic N) is 1. The predicted octanol–water partition coefficient (Wildman–Crippen LogP) is 3.52. The summed E-state index contributed by atoms with van der Waals surface area (Å²) in [6.07, 6.45) is 3.39. The van der Waals surface area contributed by atoms with Gasteiger partial charge in [-0.2, -0.15) is 0 Å². The Labute approximate surface area is 108 Å². The quantitative estimate of drug-likeness (QED) is 0.814. The molecule has 0 aliphatic carbocycles. The van der Waals surface area contributed by atoms with Crippen molar-refractivity contribution >= 4 is 17.3 Å². The zero-order valence-electron chi connectivity index (χ0n) is 10.4. The fourth-order valence-electron chi connectivity index (χ4n) is 2.18. The van der Waals surface area contributed by atoms with Crippen LogP contribution in [0.1, 0.15) is 31.9 Å². The van der Waals surface area contributed by atoms with E-state index in [4.69, 9.17) is 17.3 Å². The monoisotopic (exact) mass is 250 g/mol. The third kappa shape index (κ3) is 2.82. The van der Waals surface area contributed by atoms with Crippen molar-refractivity contribution in [3.63, 3.8) is 0 Å². The maximum absolute atomic E-state index is 6.34. The fraction of sp³-hybridized carbons (Fsp3) is 0.429. The van der Waals surface area contributed by atoms with Gasteiger partial charge in [0.2, 0.25) is 0 Å². The van der Waals surface area contributed by atoms with Crippen molar-refractivity contribution in [2.45, 2.75) is 26.3 Å². The Morgan fingerprint density at radius 3 is 2.76 bits per heavy atom. The molecule has 92 valence electrons. The molecular formula is C14H19ClN2. The average Bonchev–Trinajstić information content (AvgIpc) is 2.28. The molecule has 1 aromatic carbocycles. The molecule has 1 aliphatic rings. The van der Waals surface area contributed by atoms with Gasteiger partial charge in [-0.1, -0.05) is 29.3 Å². The van der Waals surface area contributed by atoms with Crippen molar-refractivity contribution in [1.29, 1.82) is 0 Å². The van der Waals surface area contributed by atoms with Crippen LogP contribution in [0.2, 0.25) is 5.02 Å². The predicted molar refractivity (Wildman–Crippen MR) is 74.6 cm³/mol. The molecule has 2 rings (SSSR count). The first-order chi connectivity index (χ1) is 8.08. The lowest BCUT2D eigenvalue weighted by atomic mass is 10.1. The largest absolute Gasteiger partial charge is 0.366 e. The Kier molecular flexibility index (Phi) is 3.75. The molecular weight excluding hydrogens is 232 g/mol. The van der Waals surface area contributed by atoms with Crippen molar-refractivity contribution in [3.05, 3.63) is 40.4 Å². The summed E-state index contributed by atoms with van der Waals surface area (Å²) in [5.41, 5.74) is 9.46. The van der Waals surface area contributed by atoms with Crippen LogP contribution in [-0.2, 0) is 0 Å². The van der Waals surface area contributed by atoms with Crippen molar-refractivity contribution in [2.24, 2.45) is 5.73 Å². The highest BCUT2D eigenvalue weighted by atomic mass is 35.5. The summed E-state index contributed by atoms with van der Waals surface area (Å²) in [6.45, 7) is 6.14. The highest BCUT2D eigenvalue weighted by molar-refractivity contribution is 6.33. The molecule has 1 aromatic rings. The number of hydrogen-bond donors (Lipinski definition) is 1. The van der Waals surface area contributed by atoms with Crippen LogP contribution in [0.5, 0.6) is 0 Å². The Balaban J connectivity index is 2.25. The molecule has 0 saturated carbocycles. The van der Waals surface area contributed by atoms with Gasteiger partial charge in [0, 0.05) is 19.1 Å². The lowest BCUT2D eigenvalue weighted by molar-refractivity contribution is 0.787. The molecule has 2 N–H and O–H groups in total. The molecule has 0 aromatic heterocycles. The molecule has 0 radical (unpaired) electrons. The average molecular weight is 251 g/mol. The summed E-state index contributed by atoms with van der Waals surface area (Å²) >= 11 is 6.34. The van der Waals surface area contributed by atoms with Crippen LogP contribution >= 0.6 is 11.6 Å². The van der Waals surface area contributed by atoms with Gasteiger partial charge in [-0.3, -0.25) is 0 Å². The first-order valence-electron chi connectivity index (χ1n) is 6.03. The van der Waals surface area contributed by atoms with Crippen molar-refractivity contribution in [2.75, 3.05) is 18.0 Å². The summed E-state index contributed by atoms with van der Waals surface area (Å²) in [4.78, 5) is 2.32. The van der Waals surface area contributed by atoms with Gasteiger partial charge >= 0.3 is 0 Å². The van der Waals surface area contributed by atoms with Gasteiger partial charge in [-0.05, 0) is 38.0 Å². The molecule has 0 unspecified atom stereocenters. The normalized spacial score (nSPS) is 17.9. The van der Waals surface area contributed by atoms with E-state index >= 15 is 0 Å². The summed E-state index contributed by atoms with van der Waals surface area (Å²) in [7, 11) is 0. The standard InChI is InChI=1S/C14H19ClN2/c1-10-4-3-7-17(9-10)14-6-5-12(11(2)16)8-13(14)15/h4-6,8,11H,3,7,9,16H2,1-2H3/t11-/m0/s1. The molecule has 2 nitrogen and oxygen atoms in total. The van der Waals surface area contributed by atoms with Crippen LogP contribution in [-0.4, -0.2) is 13.1 Å². The van der Waals surface area contributed by atoms with Crippen LogP contribution in [0, 0.1) is 0 Å². The van der Waals surface area contributed by atoms with Crippen molar-refractivity contribution < 1.29 is 0 Å². The summed E-state index contributed by atoms with van der Waals surface area (Å²) in [5, 5.41) is 0.800. The van der Waals surface area contributed by atoms with Gasteiger partial charge in [-0.15, -0.1) is 0 Å². The summed E-state index contributed by atoms with van der Waals surface area (Å²) in [6, 6.07) is 6.17. The minimum absolute atomic E-state index is 0.0320. The zero-order valence-corrected chi connectivity index (χ0v) is 11.2. The third-order valence-corrected chi connectivity index (χ3v) is 3.47. The first-order valence-corrected chi connectivity index (χ1v) is 6.41. The second-order valence-electron chi connectivity index (χ2n) is 4.76. The van der Waals surface area contributed by atoms with Gasteiger partial charge < -0.3 is 10.6 Å². The van der Waals surface area contributed by atoms with Crippen LogP contribution in [0.4, 0.5) is 5.69 Å². The summed E-state index contributed by atoms with van der Waals surface area (Å²) < 4.78 is 0. The van der Waals surface area contributed by atoms with E-state index < -0.39 is 0 Å². The first kappa shape index (κ1) is 12.5. The molecule has 3 heteroatoms. The minimum atomic E-state index is 0.0320. The smallest absolute Gasteiger partial charge is 0.0643 e. The number of anilines is 1. The SMILES string of the molecule is CC1=CCCN(c2ccc([C@H](C)N)cc2Cl)C1. The van der Waals surface area contributed by atoms with Crippen LogP contribution < -0.4 is 10.6 Å². The molecule has 17 heavy (non-hydrogen) atoms. The van der Waals surface area contributed by atoms with Gasteiger partial charge in [0.1, 0.15) is 0 Å². The summed E-state index contributed by atoms with van der Waals surface area (Å²) in [5.74, 6) is 0. The van der Waals surface area contributed by atoms with Gasteiger partial charge in [-0.25, -0.2) is 0 Å². The van der Waals surface area contributed by atoms with Crippen LogP contribution in [0.15, 0.2) is 29.8 Å². The maximum Gasteiger partial charge on any atom is 0.0643 e. The molecule has 0 spiro atoms. The highest BCUT2D eigenvalue weighted by Gasteiger charge is 2.14. The second kappa shape index (κ2) is 5.11. The molecule has 0 amide bonds. The third-order valence-electron chi connectivity index (χ3n) is 3.17. The van der Waals surface area contributed by atoms with E-state index in [0.717, 1.165) is 35.8 Å². The lowest BCUT2D eigenvalue weighted by Gasteiger charge is -2.29. The number of halogens is 1. The van der Waals surface area contributed by atoms with Crippen LogP contribution in [0.3, 0.4) is 0 Å². The van der Waals surface area contributed by atoms with Gasteiger partial charge in [0.05, 0.1) is 10.7 Å². The Hall–Kier alpha value is -0.990. The molecule has 1 heterocycles. The molecule has 0 saturated heterocycles. The van der Waals surface area contributed by atoms with Crippen LogP contribution in [0.25, 0.3) is 0 Å². The van der Waals surface area contributed by atoms with E-state index in [2.05, 4.69) is 30.0 Å². The lowest BCUT2D eigenvalue weighted by Crippen LogP contribution is -2.29. The van der Waals surface area contributed by atoms with E-state index in [9.17, 15) is 0 Å². The number of benzene rings is 1. The Bertz CT molecular complexity index is 438. The minimum Gasteiger partial charge on any atom is -0.366 e. The zero-order chi connectivity index (χ0) is 12.4. The Morgan fingerprint density at radius 1 is 1.41 bits per heavy atom. The second-order valence-corrected chi connectivity index (χ2v) is 5.17. The van der Waals surface area contributed by atoms with E-state index in [1.165, 1.54) is 5.57 Å². The van der Waals surface area contributed by atoms with Crippen molar-refractivity contribution in [3.8, 4) is 0 Å². The topological polar surface area (TPSA) is 29.3 Å². The highest BCUT2D eigenvalue weighted by Crippen LogP contribution is 2.30. The molecule has 1 aliphatic heterocycles. The van der Waals surface area contributed by atoms with Crippen molar-refractivity contribution in [1.82, 2.24) is 0 Å². The Morgan fingerprint density at radius 2 is 2.18 bits per heavy atom. The van der Waals surface area contributed by atoms with E-state index in [0.29, 0.717) is 0 Å². The number of nitrogens with two attached hydrogens (primary N) is 1. The van der Waals surface area contributed by atoms with Gasteiger partial charge in [0.25, 0.3) is 0 Å². The van der Waals surface area contributed by atoms with Gasteiger partial charge in [0.15, 0.2) is 0 Å². The number of rotatable bonds is 2. The fourth-order valence-corrected chi connectivity index (χ4v) is 2.49.